The first-order valence-corrected chi connectivity index (χ1v) is 9.63. The van der Waals surface area contributed by atoms with Gasteiger partial charge in [-0.1, -0.05) is 39.0 Å². The molecule has 4 aliphatic carbocycles. The summed E-state index contributed by atoms with van der Waals surface area (Å²) < 4.78 is 6.13. The minimum absolute atomic E-state index is 0.000693. The first-order chi connectivity index (χ1) is 11.8. The number of fused-ring (bicyclic) bond motifs is 2. The van der Waals surface area contributed by atoms with Gasteiger partial charge in [-0.2, -0.15) is 0 Å². The van der Waals surface area contributed by atoms with E-state index in [0.29, 0.717) is 29.6 Å². The van der Waals surface area contributed by atoms with Crippen molar-refractivity contribution in [2.75, 3.05) is 0 Å². The summed E-state index contributed by atoms with van der Waals surface area (Å²) >= 11 is 0. The van der Waals surface area contributed by atoms with Gasteiger partial charge in [0.05, 0.1) is 5.56 Å². The molecule has 1 spiro atoms. The van der Waals surface area contributed by atoms with E-state index in [-0.39, 0.29) is 34.2 Å². The number of ketones is 1. The summed E-state index contributed by atoms with van der Waals surface area (Å²) in [4.78, 5) is 25.4. The molecule has 0 aromatic heterocycles. The third-order valence-corrected chi connectivity index (χ3v) is 9.07. The van der Waals surface area contributed by atoms with Crippen LogP contribution in [0.3, 0.4) is 0 Å². The van der Waals surface area contributed by atoms with Crippen molar-refractivity contribution in [2.24, 2.45) is 34.0 Å². The first-order valence-electron chi connectivity index (χ1n) is 9.63. The molecular weight excluding hydrogens is 312 g/mol. The van der Waals surface area contributed by atoms with Crippen LogP contribution in [0.15, 0.2) is 30.3 Å². The highest BCUT2D eigenvalue weighted by atomic mass is 16.5. The lowest BCUT2D eigenvalue weighted by Crippen LogP contribution is -2.71. The van der Waals surface area contributed by atoms with Crippen molar-refractivity contribution in [1.82, 2.24) is 0 Å². The Kier molecular flexibility index (Phi) is 2.84. The smallest absolute Gasteiger partial charge is 0.338 e. The molecule has 4 saturated carbocycles. The largest absolute Gasteiger partial charge is 0.458 e. The molecular formula is C22H26O3. The maximum absolute atomic E-state index is 12.7. The third-order valence-electron chi connectivity index (χ3n) is 9.07. The van der Waals surface area contributed by atoms with E-state index >= 15 is 0 Å². The molecule has 0 saturated heterocycles. The molecule has 4 aliphatic rings. The Hall–Kier alpha value is -1.64. The summed E-state index contributed by atoms with van der Waals surface area (Å²) in [5, 5.41) is 0. The number of carbonyl (C=O) groups is 2. The van der Waals surface area contributed by atoms with Crippen LogP contribution in [0, 0.1) is 34.0 Å². The molecule has 0 aliphatic heterocycles. The molecule has 1 aromatic carbocycles. The van der Waals surface area contributed by atoms with Gasteiger partial charge in [-0.25, -0.2) is 4.79 Å². The number of esters is 1. The highest BCUT2D eigenvalue weighted by Gasteiger charge is 2.84. The van der Waals surface area contributed by atoms with Gasteiger partial charge in [-0.3, -0.25) is 4.79 Å². The first kappa shape index (κ1) is 15.6. The summed E-state index contributed by atoms with van der Waals surface area (Å²) in [6.07, 6.45) is 3.74. The van der Waals surface area contributed by atoms with E-state index in [1.165, 1.54) is 0 Å². The predicted octanol–water partition coefficient (Wildman–Crippen LogP) is 4.26. The van der Waals surface area contributed by atoms with Crippen LogP contribution in [0.25, 0.3) is 0 Å². The van der Waals surface area contributed by atoms with E-state index in [4.69, 9.17) is 4.74 Å². The second kappa shape index (κ2) is 4.55. The topological polar surface area (TPSA) is 43.4 Å². The van der Waals surface area contributed by atoms with Crippen LogP contribution < -0.4 is 0 Å². The number of rotatable bonds is 2. The monoisotopic (exact) mass is 338 g/mol. The van der Waals surface area contributed by atoms with Crippen molar-refractivity contribution in [1.29, 1.82) is 0 Å². The Balaban J connectivity index is 1.52. The van der Waals surface area contributed by atoms with Crippen LogP contribution in [-0.4, -0.2) is 17.9 Å². The number of benzene rings is 1. The van der Waals surface area contributed by atoms with Gasteiger partial charge in [0.1, 0.15) is 11.9 Å². The molecule has 0 unspecified atom stereocenters. The maximum atomic E-state index is 12.7. The Morgan fingerprint density at radius 1 is 1.16 bits per heavy atom. The number of carbonyl (C=O) groups excluding carboxylic acids is 2. The van der Waals surface area contributed by atoms with E-state index in [9.17, 15) is 9.59 Å². The van der Waals surface area contributed by atoms with Gasteiger partial charge >= 0.3 is 5.97 Å². The lowest BCUT2D eigenvalue weighted by atomic mass is 9.32. The van der Waals surface area contributed by atoms with Gasteiger partial charge in [-0.15, -0.1) is 0 Å². The van der Waals surface area contributed by atoms with Crippen LogP contribution in [0.4, 0.5) is 0 Å². The molecule has 0 N–H and O–H groups in total. The zero-order valence-corrected chi connectivity index (χ0v) is 15.2. The van der Waals surface area contributed by atoms with Crippen molar-refractivity contribution in [3.8, 4) is 0 Å². The minimum atomic E-state index is -0.210. The predicted molar refractivity (Wildman–Crippen MR) is 93.9 cm³/mol. The van der Waals surface area contributed by atoms with E-state index in [1.54, 1.807) is 0 Å². The molecule has 25 heavy (non-hydrogen) atoms. The van der Waals surface area contributed by atoms with E-state index in [0.717, 1.165) is 19.3 Å². The third kappa shape index (κ3) is 1.51. The summed E-state index contributed by atoms with van der Waals surface area (Å²) in [6.45, 7) is 6.93. The summed E-state index contributed by atoms with van der Waals surface area (Å²) in [5.74, 6) is 1.28. The summed E-state index contributed by atoms with van der Waals surface area (Å²) in [5.41, 5.74) is 0.851. The van der Waals surface area contributed by atoms with Gasteiger partial charge in [0.15, 0.2) is 0 Å². The highest BCUT2D eigenvalue weighted by Crippen LogP contribution is 2.86. The van der Waals surface area contributed by atoms with Gasteiger partial charge in [0, 0.05) is 17.8 Å². The molecule has 3 nitrogen and oxygen atoms in total. The van der Waals surface area contributed by atoms with Crippen LogP contribution >= 0.6 is 0 Å². The Labute approximate surface area is 149 Å². The molecule has 7 atom stereocenters. The van der Waals surface area contributed by atoms with E-state index in [1.807, 2.05) is 30.3 Å². The number of hydrogen-bond acceptors (Lipinski definition) is 3. The molecule has 4 fully saturated rings. The normalized spacial score (nSPS) is 49.5. The zero-order valence-electron chi connectivity index (χ0n) is 15.2. The molecule has 0 amide bonds. The lowest BCUT2D eigenvalue weighted by Gasteiger charge is -2.71. The van der Waals surface area contributed by atoms with Crippen molar-refractivity contribution in [2.45, 2.75) is 52.6 Å². The molecule has 132 valence electrons. The summed E-state index contributed by atoms with van der Waals surface area (Å²) in [7, 11) is 0. The molecule has 0 heterocycles. The quantitative estimate of drug-likeness (QED) is 0.757. The average Bonchev–Trinajstić information content (AvgIpc) is 3.04. The lowest BCUT2D eigenvalue weighted by molar-refractivity contribution is -0.253. The van der Waals surface area contributed by atoms with Gasteiger partial charge in [0.25, 0.3) is 0 Å². The number of Topliss-reactive ketones (excluding diaryl/α,β-unsaturated/α-hetero) is 1. The van der Waals surface area contributed by atoms with E-state index < -0.39 is 0 Å². The van der Waals surface area contributed by atoms with Gasteiger partial charge < -0.3 is 4.74 Å². The van der Waals surface area contributed by atoms with Gasteiger partial charge in [-0.05, 0) is 54.1 Å². The van der Waals surface area contributed by atoms with Crippen molar-refractivity contribution in [3.63, 3.8) is 0 Å². The second-order valence-corrected chi connectivity index (χ2v) is 9.39. The molecule has 3 heteroatoms. The van der Waals surface area contributed by atoms with Crippen LogP contribution in [-0.2, 0) is 9.53 Å². The Bertz CT molecular complexity index is 771. The fraction of sp³-hybridized carbons (Fsp3) is 0.636. The van der Waals surface area contributed by atoms with Crippen LogP contribution in [0.5, 0.6) is 0 Å². The van der Waals surface area contributed by atoms with E-state index in [2.05, 4.69) is 20.8 Å². The zero-order chi connectivity index (χ0) is 17.6. The Morgan fingerprint density at radius 2 is 1.88 bits per heavy atom. The fourth-order valence-electron chi connectivity index (χ4n) is 7.69. The highest BCUT2D eigenvalue weighted by molar-refractivity contribution is 5.90. The standard InChI is InChI=1S/C22H26O3/c1-13-9-17(23)16-12-20(2)15-10-18(22(13,11-15)21(16,20)3)25-19(24)14-7-5-4-6-8-14/h4-8,13,15-16,18H,9-12H2,1-3H3/t13-,15+,16+,18+,20-,21-,22-/m0/s1. The molecule has 5 rings (SSSR count). The molecule has 2 bridgehead atoms. The minimum Gasteiger partial charge on any atom is -0.458 e. The SMILES string of the molecule is C[C@H]1CC(=O)[C@H]2C[C@@]3(C)[C@@H]4C[C@@H](OC(=O)c5ccccc5)[C@@]1(C4)[C@@]23C. The summed E-state index contributed by atoms with van der Waals surface area (Å²) in [6, 6.07) is 9.29. The van der Waals surface area contributed by atoms with Crippen LogP contribution in [0.2, 0.25) is 0 Å². The van der Waals surface area contributed by atoms with Crippen molar-refractivity contribution >= 4 is 11.8 Å². The fourth-order valence-corrected chi connectivity index (χ4v) is 7.69. The number of ether oxygens (including phenoxy) is 1. The van der Waals surface area contributed by atoms with Crippen molar-refractivity contribution < 1.29 is 14.3 Å². The van der Waals surface area contributed by atoms with Crippen molar-refractivity contribution in [3.05, 3.63) is 35.9 Å². The Morgan fingerprint density at radius 3 is 2.60 bits per heavy atom. The molecule has 0 radical (unpaired) electrons. The maximum Gasteiger partial charge on any atom is 0.338 e. The van der Waals surface area contributed by atoms with Gasteiger partial charge in [0.2, 0.25) is 0 Å². The van der Waals surface area contributed by atoms with Crippen LogP contribution in [0.1, 0.15) is 56.8 Å². The number of hydrogen-bond donors (Lipinski definition) is 0. The molecule has 1 aromatic rings. The second-order valence-electron chi connectivity index (χ2n) is 9.39. The average molecular weight is 338 g/mol.